The second-order valence-electron chi connectivity index (χ2n) is 4.78. The van der Waals surface area contributed by atoms with Crippen LogP contribution in [0.4, 0.5) is 13.2 Å². The van der Waals surface area contributed by atoms with Crippen LogP contribution < -0.4 is 10.1 Å². The molecule has 2 N–H and O–H groups in total. The zero-order valence-corrected chi connectivity index (χ0v) is 11.6. The standard InChI is InChI=1S/C14H18F3NO3/c1-10(9-19)8-18-13(20)7-4-11-2-5-12(6-3-11)21-14(15,16)17/h2-3,5-6,10,19H,4,7-9H2,1H3,(H,18,20). The number of aryl methyl sites for hydroxylation is 1. The Morgan fingerprint density at radius 3 is 2.48 bits per heavy atom. The van der Waals surface area contributed by atoms with Crippen molar-refractivity contribution in [2.24, 2.45) is 5.92 Å². The van der Waals surface area contributed by atoms with E-state index in [1.807, 2.05) is 0 Å². The number of halogens is 3. The molecular weight excluding hydrogens is 287 g/mol. The van der Waals surface area contributed by atoms with Gasteiger partial charge in [0, 0.05) is 19.6 Å². The molecule has 0 spiro atoms. The van der Waals surface area contributed by atoms with Gasteiger partial charge in [-0.1, -0.05) is 19.1 Å². The molecule has 0 aliphatic rings. The van der Waals surface area contributed by atoms with E-state index in [0.29, 0.717) is 13.0 Å². The molecule has 0 saturated carbocycles. The predicted molar refractivity (Wildman–Crippen MR) is 70.7 cm³/mol. The second kappa shape index (κ2) is 7.87. The number of hydrogen-bond acceptors (Lipinski definition) is 3. The summed E-state index contributed by atoms with van der Waals surface area (Å²) in [6.07, 6.45) is -4.05. The molecule has 0 fully saturated rings. The lowest BCUT2D eigenvalue weighted by Crippen LogP contribution is -2.29. The van der Waals surface area contributed by atoms with Gasteiger partial charge in [-0.15, -0.1) is 13.2 Å². The average Bonchev–Trinajstić information content (AvgIpc) is 2.42. The minimum Gasteiger partial charge on any atom is -0.406 e. The molecule has 0 radical (unpaired) electrons. The number of carbonyl (C=O) groups excluding carboxylic acids is 1. The number of aliphatic hydroxyl groups is 1. The fourth-order valence-electron chi connectivity index (χ4n) is 1.56. The Labute approximate surface area is 120 Å². The van der Waals surface area contributed by atoms with Crippen LogP contribution in [-0.4, -0.2) is 30.5 Å². The SMILES string of the molecule is CC(CO)CNC(=O)CCc1ccc(OC(F)(F)F)cc1. The van der Waals surface area contributed by atoms with Crippen LogP contribution in [0.15, 0.2) is 24.3 Å². The van der Waals surface area contributed by atoms with Gasteiger partial charge in [-0.2, -0.15) is 0 Å². The first-order chi connectivity index (χ1) is 9.80. The van der Waals surface area contributed by atoms with Crippen LogP contribution in [0.2, 0.25) is 0 Å². The minimum atomic E-state index is -4.70. The van der Waals surface area contributed by atoms with Crippen molar-refractivity contribution in [2.45, 2.75) is 26.1 Å². The van der Waals surface area contributed by atoms with Gasteiger partial charge in [0.05, 0.1) is 0 Å². The lowest BCUT2D eigenvalue weighted by Gasteiger charge is -2.10. The highest BCUT2D eigenvalue weighted by Gasteiger charge is 2.30. The highest BCUT2D eigenvalue weighted by Crippen LogP contribution is 2.22. The Hall–Kier alpha value is -1.76. The van der Waals surface area contributed by atoms with Crippen molar-refractivity contribution in [3.8, 4) is 5.75 Å². The first-order valence-electron chi connectivity index (χ1n) is 6.52. The Morgan fingerprint density at radius 1 is 1.33 bits per heavy atom. The van der Waals surface area contributed by atoms with Gasteiger partial charge in [-0.05, 0) is 30.0 Å². The van der Waals surface area contributed by atoms with E-state index in [0.717, 1.165) is 5.56 Å². The molecule has 4 nitrogen and oxygen atoms in total. The van der Waals surface area contributed by atoms with Gasteiger partial charge in [-0.3, -0.25) is 4.79 Å². The molecular formula is C14H18F3NO3. The van der Waals surface area contributed by atoms with Crippen molar-refractivity contribution >= 4 is 5.91 Å². The molecule has 0 bridgehead atoms. The summed E-state index contributed by atoms with van der Waals surface area (Å²) in [5.41, 5.74) is 0.745. The van der Waals surface area contributed by atoms with E-state index < -0.39 is 6.36 Å². The third-order valence-corrected chi connectivity index (χ3v) is 2.76. The summed E-state index contributed by atoms with van der Waals surface area (Å²) in [7, 11) is 0. The maximum Gasteiger partial charge on any atom is 0.573 e. The summed E-state index contributed by atoms with van der Waals surface area (Å²) in [5.74, 6) is -0.453. The molecule has 118 valence electrons. The number of ether oxygens (including phenoxy) is 1. The van der Waals surface area contributed by atoms with Gasteiger partial charge in [0.1, 0.15) is 5.75 Å². The van der Waals surface area contributed by atoms with E-state index >= 15 is 0 Å². The third kappa shape index (κ3) is 7.55. The topological polar surface area (TPSA) is 58.6 Å². The number of alkyl halides is 3. The number of carbonyl (C=O) groups is 1. The Bertz CT molecular complexity index is 446. The van der Waals surface area contributed by atoms with Gasteiger partial charge >= 0.3 is 6.36 Å². The smallest absolute Gasteiger partial charge is 0.406 e. The van der Waals surface area contributed by atoms with Crippen LogP contribution in [0.1, 0.15) is 18.9 Å². The Balaban J connectivity index is 2.37. The first kappa shape index (κ1) is 17.3. The monoisotopic (exact) mass is 305 g/mol. The molecule has 1 rings (SSSR count). The highest BCUT2D eigenvalue weighted by atomic mass is 19.4. The molecule has 0 aromatic heterocycles. The molecule has 0 aliphatic carbocycles. The molecule has 0 saturated heterocycles. The van der Waals surface area contributed by atoms with Gasteiger partial charge in [0.15, 0.2) is 0 Å². The molecule has 0 heterocycles. The molecule has 1 unspecified atom stereocenters. The summed E-state index contributed by atoms with van der Waals surface area (Å²) in [6.45, 7) is 2.20. The maximum absolute atomic E-state index is 12.0. The summed E-state index contributed by atoms with van der Waals surface area (Å²) in [6, 6.07) is 5.42. The number of aliphatic hydroxyl groups excluding tert-OH is 1. The van der Waals surface area contributed by atoms with E-state index in [4.69, 9.17) is 5.11 Å². The fraction of sp³-hybridized carbons (Fsp3) is 0.500. The van der Waals surface area contributed by atoms with Crippen molar-refractivity contribution in [3.05, 3.63) is 29.8 Å². The molecule has 21 heavy (non-hydrogen) atoms. The molecule has 1 amide bonds. The van der Waals surface area contributed by atoms with Crippen LogP contribution in [0.3, 0.4) is 0 Å². The zero-order valence-electron chi connectivity index (χ0n) is 11.6. The predicted octanol–water partition coefficient (Wildman–Crippen LogP) is 2.26. The van der Waals surface area contributed by atoms with Crippen LogP contribution in [0.5, 0.6) is 5.75 Å². The summed E-state index contributed by atoms with van der Waals surface area (Å²) in [4.78, 5) is 11.5. The van der Waals surface area contributed by atoms with Crippen molar-refractivity contribution in [1.29, 1.82) is 0 Å². The normalized spacial score (nSPS) is 12.8. The minimum absolute atomic E-state index is 0.000940. The van der Waals surface area contributed by atoms with Crippen molar-refractivity contribution in [2.75, 3.05) is 13.2 Å². The van der Waals surface area contributed by atoms with Crippen LogP contribution in [0, 0.1) is 5.92 Å². The van der Waals surface area contributed by atoms with E-state index in [1.54, 1.807) is 6.92 Å². The Morgan fingerprint density at radius 2 is 1.95 bits per heavy atom. The van der Waals surface area contributed by atoms with E-state index in [9.17, 15) is 18.0 Å². The number of nitrogens with one attached hydrogen (secondary N) is 1. The largest absolute Gasteiger partial charge is 0.573 e. The van der Waals surface area contributed by atoms with Crippen LogP contribution in [-0.2, 0) is 11.2 Å². The number of hydrogen-bond donors (Lipinski definition) is 2. The lowest BCUT2D eigenvalue weighted by atomic mass is 10.1. The van der Waals surface area contributed by atoms with Crippen molar-refractivity contribution in [3.63, 3.8) is 0 Å². The number of rotatable bonds is 7. The van der Waals surface area contributed by atoms with Gasteiger partial charge in [-0.25, -0.2) is 0 Å². The molecule has 1 atom stereocenters. The summed E-state index contributed by atoms with van der Waals surface area (Å²) >= 11 is 0. The first-order valence-corrected chi connectivity index (χ1v) is 6.52. The average molecular weight is 305 g/mol. The van der Waals surface area contributed by atoms with E-state index in [2.05, 4.69) is 10.1 Å². The summed E-state index contributed by atoms with van der Waals surface area (Å²) in [5, 5.41) is 11.5. The van der Waals surface area contributed by atoms with Gasteiger partial charge in [0.25, 0.3) is 0 Å². The van der Waals surface area contributed by atoms with Crippen LogP contribution in [0.25, 0.3) is 0 Å². The Kier molecular flexibility index (Phi) is 6.48. The number of benzene rings is 1. The maximum atomic E-state index is 12.0. The zero-order chi connectivity index (χ0) is 15.9. The third-order valence-electron chi connectivity index (χ3n) is 2.76. The second-order valence-corrected chi connectivity index (χ2v) is 4.78. The van der Waals surface area contributed by atoms with E-state index in [-0.39, 0.29) is 30.6 Å². The molecule has 0 aliphatic heterocycles. The van der Waals surface area contributed by atoms with E-state index in [1.165, 1.54) is 24.3 Å². The molecule has 7 heteroatoms. The quantitative estimate of drug-likeness (QED) is 0.812. The van der Waals surface area contributed by atoms with Crippen LogP contribution >= 0.6 is 0 Å². The highest BCUT2D eigenvalue weighted by molar-refractivity contribution is 5.76. The summed E-state index contributed by atoms with van der Waals surface area (Å²) < 4.78 is 39.7. The van der Waals surface area contributed by atoms with Gasteiger partial charge < -0.3 is 15.2 Å². The van der Waals surface area contributed by atoms with Crippen molar-refractivity contribution in [1.82, 2.24) is 5.32 Å². The van der Waals surface area contributed by atoms with Gasteiger partial charge in [0.2, 0.25) is 5.91 Å². The lowest BCUT2D eigenvalue weighted by molar-refractivity contribution is -0.274. The molecule has 1 aromatic rings. The van der Waals surface area contributed by atoms with Crippen molar-refractivity contribution < 1.29 is 27.8 Å². The molecule has 1 aromatic carbocycles. The fourth-order valence-corrected chi connectivity index (χ4v) is 1.56. The number of amides is 1.